The fourth-order valence-electron chi connectivity index (χ4n) is 2.26. The quantitative estimate of drug-likeness (QED) is 0.738. The largest absolute Gasteiger partial charge is 0.482 e. The number of carbonyl (C=O) groups excluding carboxylic acids is 1. The molecular formula is C20H16FNO4. The van der Waals surface area contributed by atoms with E-state index in [1.54, 1.807) is 18.2 Å². The van der Waals surface area contributed by atoms with Crippen LogP contribution in [0.25, 0.3) is 0 Å². The summed E-state index contributed by atoms with van der Waals surface area (Å²) in [5, 5.41) is 2.51. The lowest BCUT2D eigenvalue weighted by Crippen LogP contribution is -2.24. The molecule has 3 aromatic rings. The molecule has 5 nitrogen and oxygen atoms in total. The molecule has 6 heteroatoms. The Balaban J connectivity index is 1.62. The summed E-state index contributed by atoms with van der Waals surface area (Å²) in [7, 11) is 0. The van der Waals surface area contributed by atoms with E-state index >= 15 is 0 Å². The van der Waals surface area contributed by atoms with E-state index in [2.05, 4.69) is 5.32 Å². The van der Waals surface area contributed by atoms with Crippen LogP contribution in [0.5, 0.6) is 5.75 Å². The van der Waals surface area contributed by atoms with Crippen LogP contribution in [0, 0.1) is 5.82 Å². The second-order valence-electron chi connectivity index (χ2n) is 5.52. The number of rotatable bonds is 6. The first kappa shape index (κ1) is 17.4. The molecule has 0 unspecified atom stereocenters. The third-order valence-electron chi connectivity index (χ3n) is 3.66. The molecule has 0 bridgehead atoms. The third kappa shape index (κ3) is 4.36. The molecule has 0 fully saturated rings. The fourth-order valence-corrected chi connectivity index (χ4v) is 2.26. The van der Waals surface area contributed by atoms with E-state index in [9.17, 15) is 14.0 Å². The van der Waals surface area contributed by atoms with Crippen molar-refractivity contribution in [3.63, 3.8) is 0 Å². The predicted octanol–water partition coefficient (Wildman–Crippen LogP) is 3.29. The molecule has 1 amide bonds. The second kappa shape index (κ2) is 8.11. The van der Waals surface area contributed by atoms with Crippen LogP contribution in [-0.2, 0) is 13.2 Å². The molecule has 0 aliphatic carbocycles. The highest BCUT2D eigenvalue weighted by Gasteiger charge is 2.13. The van der Waals surface area contributed by atoms with Gasteiger partial charge in [-0.2, -0.15) is 0 Å². The fraction of sp³-hybridized carbons (Fsp3) is 0.100. The van der Waals surface area contributed by atoms with E-state index in [0.29, 0.717) is 5.56 Å². The van der Waals surface area contributed by atoms with Gasteiger partial charge in [-0.15, -0.1) is 0 Å². The van der Waals surface area contributed by atoms with Gasteiger partial charge in [-0.05, 0) is 11.6 Å². The van der Waals surface area contributed by atoms with Gasteiger partial charge in [0.1, 0.15) is 18.7 Å². The maximum absolute atomic E-state index is 13.5. The van der Waals surface area contributed by atoms with Gasteiger partial charge in [-0.25, -0.2) is 4.39 Å². The average molecular weight is 353 g/mol. The molecule has 2 aromatic carbocycles. The van der Waals surface area contributed by atoms with E-state index in [0.717, 1.165) is 17.9 Å². The van der Waals surface area contributed by atoms with Crippen molar-refractivity contribution in [1.82, 2.24) is 5.32 Å². The summed E-state index contributed by atoms with van der Waals surface area (Å²) in [6.45, 7) is 0.200. The molecule has 0 spiro atoms. The number of hydrogen-bond donors (Lipinski definition) is 1. The van der Waals surface area contributed by atoms with Gasteiger partial charge in [-0.1, -0.05) is 48.5 Å². The van der Waals surface area contributed by atoms with Gasteiger partial charge in [-0.3, -0.25) is 9.59 Å². The topological polar surface area (TPSA) is 68.5 Å². The van der Waals surface area contributed by atoms with Gasteiger partial charge in [0.25, 0.3) is 5.91 Å². The molecule has 0 saturated carbocycles. The Hall–Kier alpha value is -3.41. The number of carbonyl (C=O) groups is 1. The van der Waals surface area contributed by atoms with Crippen LogP contribution in [-0.4, -0.2) is 5.91 Å². The average Bonchev–Trinajstić information content (AvgIpc) is 2.67. The lowest BCUT2D eigenvalue weighted by Gasteiger charge is -2.07. The Morgan fingerprint density at radius 2 is 1.81 bits per heavy atom. The molecular weight excluding hydrogens is 337 g/mol. The molecule has 132 valence electrons. The number of nitrogens with one attached hydrogen (secondary N) is 1. The highest BCUT2D eigenvalue weighted by atomic mass is 19.1. The van der Waals surface area contributed by atoms with Crippen molar-refractivity contribution in [1.29, 1.82) is 0 Å². The normalized spacial score (nSPS) is 10.3. The maximum Gasteiger partial charge on any atom is 0.287 e. The first-order chi connectivity index (χ1) is 12.6. The summed E-state index contributed by atoms with van der Waals surface area (Å²) in [5.74, 6) is -1.18. The van der Waals surface area contributed by atoms with Crippen LogP contribution in [0.4, 0.5) is 4.39 Å². The molecule has 0 aliphatic heterocycles. The Labute approximate surface area is 149 Å². The van der Waals surface area contributed by atoms with Crippen LogP contribution < -0.4 is 15.5 Å². The summed E-state index contributed by atoms with van der Waals surface area (Å²) >= 11 is 0. The van der Waals surface area contributed by atoms with Gasteiger partial charge >= 0.3 is 0 Å². The molecule has 1 aromatic heterocycles. The Bertz CT molecular complexity index is 953. The molecule has 1 N–H and O–H groups in total. The zero-order chi connectivity index (χ0) is 18.4. The van der Waals surface area contributed by atoms with Gasteiger partial charge < -0.3 is 14.5 Å². The van der Waals surface area contributed by atoms with E-state index in [1.165, 1.54) is 6.07 Å². The minimum absolute atomic E-state index is 0.0124. The second-order valence-corrected chi connectivity index (χ2v) is 5.52. The van der Waals surface area contributed by atoms with Gasteiger partial charge in [0.2, 0.25) is 11.2 Å². The summed E-state index contributed by atoms with van der Waals surface area (Å²) < 4.78 is 24.1. The minimum atomic E-state index is -0.611. The smallest absolute Gasteiger partial charge is 0.287 e. The molecule has 3 rings (SSSR count). The SMILES string of the molecule is O=C(NCc1ccccc1F)c1cc(=O)c(OCc2ccccc2)co1. The molecule has 0 atom stereocenters. The van der Waals surface area contributed by atoms with Crippen LogP contribution >= 0.6 is 0 Å². The standard InChI is InChI=1S/C20H16FNO4/c21-16-9-5-4-8-15(16)11-22-20(24)18-10-17(23)19(13-26-18)25-12-14-6-2-1-3-7-14/h1-10,13H,11-12H2,(H,22,24). The zero-order valence-electron chi connectivity index (χ0n) is 13.8. The van der Waals surface area contributed by atoms with Crippen molar-refractivity contribution in [2.75, 3.05) is 0 Å². The Morgan fingerprint density at radius 3 is 2.54 bits per heavy atom. The van der Waals surface area contributed by atoms with E-state index in [-0.39, 0.29) is 24.7 Å². The van der Waals surface area contributed by atoms with Crippen LogP contribution in [0.1, 0.15) is 21.7 Å². The molecule has 0 aliphatic rings. The predicted molar refractivity (Wildman–Crippen MR) is 93.3 cm³/mol. The minimum Gasteiger partial charge on any atom is -0.482 e. The van der Waals surface area contributed by atoms with Crippen LogP contribution in [0.2, 0.25) is 0 Å². The van der Waals surface area contributed by atoms with Crippen molar-refractivity contribution in [2.24, 2.45) is 0 Å². The number of hydrogen-bond acceptors (Lipinski definition) is 4. The summed E-state index contributed by atoms with van der Waals surface area (Å²) in [5.41, 5.74) is 0.771. The zero-order valence-corrected chi connectivity index (χ0v) is 13.8. The third-order valence-corrected chi connectivity index (χ3v) is 3.66. The van der Waals surface area contributed by atoms with Gasteiger partial charge in [0, 0.05) is 18.2 Å². The molecule has 0 saturated heterocycles. The van der Waals surface area contributed by atoms with E-state index in [1.807, 2.05) is 30.3 Å². The number of halogens is 1. The van der Waals surface area contributed by atoms with Gasteiger partial charge in [0.15, 0.2) is 5.76 Å². The van der Waals surface area contributed by atoms with Gasteiger partial charge in [0.05, 0.1) is 0 Å². The van der Waals surface area contributed by atoms with Crippen LogP contribution in [0.3, 0.4) is 0 Å². The summed E-state index contributed by atoms with van der Waals surface area (Å²) in [4.78, 5) is 24.1. The van der Waals surface area contributed by atoms with E-state index in [4.69, 9.17) is 9.15 Å². The Morgan fingerprint density at radius 1 is 1.08 bits per heavy atom. The number of benzene rings is 2. The monoisotopic (exact) mass is 353 g/mol. The van der Waals surface area contributed by atoms with Crippen molar-refractivity contribution >= 4 is 5.91 Å². The highest BCUT2D eigenvalue weighted by molar-refractivity contribution is 5.91. The van der Waals surface area contributed by atoms with Crippen molar-refractivity contribution in [3.05, 3.63) is 99.9 Å². The van der Waals surface area contributed by atoms with Crippen LogP contribution in [0.15, 0.2) is 76.1 Å². The van der Waals surface area contributed by atoms with Crippen molar-refractivity contribution in [2.45, 2.75) is 13.2 Å². The highest BCUT2D eigenvalue weighted by Crippen LogP contribution is 2.10. The maximum atomic E-state index is 13.5. The van der Waals surface area contributed by atoms with E-state index < -0.39 is 17.2 Å². The number of ether oxygens (including phenoxy) is 1. The molecule has 0 radical (unpaired) electrons. The Kier molecular flexibility index (Phi) is 5.43. The van der Waals surface area contributed by atoms with Crippen molar-refractivity contribution < 1.29 is 18.3 Å². The first-order valence-electron chi connectivity index (χ1n) is 7.94. The summed E-state index contributed by atoms with van der Waals surface area (Å²) in [6.07, 6.45) is 1.10. The lowest BCUT2D eigenvalue weighted by atomic mass is 10.2. The first-order valence-corrected chi connectivity index (χ1v) is 7.94. The molecule has 1 heterocycles. The summed E-state index contributed by atoms with van der Waals surface area (Å²) in [6, 6.07) is 16.5. The molecule has 26 heavy (non-hydrogen) atoms. The number of amides is 1. The van der Waals surface area contributed by atoms with Crippen molar-refractivity contribution in [3.8, 4) is 5.75 Å². The lowest BCUT2D eigenvalue weighted by molar-refractivity contribution is 0.0919.